The third kappa shape index (κ3) is 55.6. The Bertz CT molecular complexity index is 1290. The van der Waals surface area contributed by atoms with E-state index in [-0.39, 0.29) is 37.5 Å². The number of unbranched alkanes of at least 4 members (excludes halogenated alkanes) is 30. The van der Waals surface area contributed by atoms with E-state index in [0.29, 0.717) is 19.3 Å². The molecule has 1 atom stereocenters. The molecule has 69 heavy (non-hydrogen) atoms. The first-order valence-electron chi connectivity index (χ1n) is 29.4. The quantitative estimate of drug-likeness (QED) is 0.0262. The molecule has 0 fully saturated rings. The average molecular weight is 964 g/mol. The third-order valence-corrected chi connectivity index (χ3v) is 12.7. The first-order valence-corrected chi connectivity index (χ1v) is 29.4. The van der Waals surface area contributed by atoms with E-state index in [1.54, 1.807) is 0 Å². The summed E-state index contributed by atoms with van der Waals surface area (Å²) in [6.45, 7) is 6.48. The Kier molecular flexibility index (Phi) is 54.8. The number of esters is 3. The van der Waals surface area contributed by atoms with Gasteiger partial charge in [-0.2, -0.15) is 0 Å². The van der Waals surface area contributed by atoms with Crippen LogP contribution in [0, 0.1) is 0 Å². The van der Waals surface area contributed by atoms with E-state index in [1.165, 1.54) is 141 Å². The van der Waals surface area contributed by atoms with Crippen molar-refractivity contribution in [1.82, 2.24) is 0 Å². The summed E-state index contributed by atoms with van der Waals surface area (Å²) >= 11 is 0. The van der Waals surface area contributed by atoms with Gasteiger partial charge in [0.25, 0.3) is 0 Å². The zero-order valence-electron chi connectivity index (χ0n) is 45.6. The first kappa shape index (κ1) is 65.8. The molecule has 0 amide bonds. The van der Waals surface area contributed by atoms with Gasteiger partial charge in [0.1, 0.15) is 13.2 Å². The topological polar surface area (TPSA) is 78.9 Å². The monoisotopic (exact) mass is 963 g/mol. The summed E-state index contributed by atoms with van der Waals surface area (Å²) in [7, 11) is 0. The van der Waals surface area contributed by atoms with Crippen LogP contribution >= 0.6 is 0 Å². The summed E-state index contributed by atoms with van der Waals surface area (Å²) in [6.07, 6.45) is 73.3. The highest BCUT2D eigenvalue weighted by Gasteiger charge is 2.19. The molecule has 0 rings (SSSR count). The smallest absolute Gasteiger partial charge is 0.306 e. The highest BCUT2D eigenvalue weighted by molar-refractivity contribution is 5.71. The van der Waals surface area contributed by atoms with Crippen LogP contribution in [0.4, 0.5) is 0 Å². The van der Waals surface area contributed by atoms with E-state index in [0.717, 1.165) is 103 Å². The molecule has 0 spiro atoms. The molecule has 0 unspecified atom stereocenters. The molecule has 6 nitrogen and oxygen atoms in total. The Labute approximate surface area is 427 Å². The maximum atomic E-state index is 12.8. The third-order valence-electron chi connectivity index (χ3n) is 12.7. The molecular weight excluding hydrogens is 853 g/mol. The number of carbonyl (C=O) groups excluding carboxylic acids is 3. The van der Waals surface area contributed by atoms with Gasteiger partial charge < -0.3 is 14.2 Å². The number of hydrogen-bond acceptors (Lipinski definition) is 6. The van der Waals surface area contributed by atoms with Gasteiger partial charge in [-0.15, -0.1) is 0 Å². The molecule has 6 heteroatoms. The summed E-state index contributed by atoms with van der Waals surface area (Å²) in [4.78, 5) is 38.2. The summed E-state index contributed by atoms with van der Waals surface area (Å²) in [5.74, 6) is -0.940. The molecule has 0 aromatic rings. The van der Waals surface area contributed by atoms with Crippen molar-refractivity contribution in [3.8, 4) is 0 Å². The normalized spacial score (nSPS) is 12.6. The van der Waals surface area contributed by atoms with Crippen molar-refractivity contribution < 1.29 is 28.6 Å². The van der Waals surface area contributed by atoms with Crippen molar-refractivity contribution in [1.29, 1.82) is 0 Å². The van der Waals surface area contributed by atoms with Gasteiger partial charge in [-0.3, -0.25) is 14.4 Å². The summed E-state index contributed by atoms with van der Waals surface area (Å²) in [5.41, 5.74) is 0. The molecule has 0 aliphatic carbocycles. The fourth-order valence-corrected chi connectivity index (χ4v) is 8.29. The predicted octanol–water partition coefficient (Wildman–Crippen LogP) is 19.8. The second kappa shape index (κ2) is 57.4. The minimum Gasteiger partial charge on any atom is -0.462 e. The van der Waals surface area contributed by atoms with Crippen molar-refractivity contribution in [2.24, 2.45) is 0 Å². The van der Waals surface area contributed by atoms with Crippen molar-refractivity contribution in [2.45, 2.75) is 297 Å². The van der Waals surface area contributed by atoms with Crippen LogP contribution in [0.3, 0.4) is 0 Å². The van der Waals surface area contributed by atoms with Gasteiger partial charge in [0.15, 0.2) is 6.10 Å². The number of hydrogen-bond donors (Lipinski definition) is 0. The molecule has 398 valence electrons. The second-order valence-electron chi connectivity index (χ2n) is 19.5. The van der Waals surface area contributed by atoms with Crippen molar-refractivity contribution in [2.75, 3.05) is 13.2 Å². The van der Waals surface area contributed by atoms with Crippen molar-refractivity contribution in [3.05, 3.63) is 72.9 Å². The SMILES string of the molecule is CC/C=C\C/C=C\C/C=C\CCCCCCCC(=O)OC[C@H](COC(=O)CCCCCCCCCCCCCCCCCCCCCCC)OC(=O)CCCC/C=C\C/C=C\C/C=C\CCCCC. The molecule has 0 heterocycles. The molecular formula is C63H110O6. The lowest BCUT2D eigenvalue weighted by Crippen LogP contribution is -2.30. The molecule has 0 aliphatic heterocycles. The van der Waals surface area contributed by atoms with E-state index in [1.807, 2.05) is 0 Å². The van der Waals surface area contributed by atoms with Crippen LogP contribution in [0.15, 0.2) is 72.9 Å². The van der Waals surface area contributed by atoms with Gasteiger partial charge >= 0.3 is 17.9 Å². The van der Waals surface area contributed by atoms with Crippen molar-refractivity contribution in [3.63, 3.8) is 0 Å². The van der Waals surface area contributed by atoms with Gasteiger partial charge in [-0.05, 0) is 89.9 Å². The van der Waals surface area contributed by atoms with Crippen LogP contribution in [-0.2, 0) is 28.6 Å². The lowest BCUT2D eigenvalue weighted by molar-refractivity contribution is -0.167. The fraction of sp³-hybridized carbons (Fsp3) is 0.762. The summed E-state index contributed by atoms with van der Waals surface area (Å²) in [5, 5.41) is 0. The number of ether oxygens (including phenoxy) is 3. The maximum absolute atomic E-state index is 12.8. The van der Waals surface area contributed by atoms with E-state index >= 15 is 0 Å². The largest absolute Gasteiger partial charge is 0.462 e. The van der Waals surface area contributed by atoms with Gasteiger partial charge in [-0.25, -0.2) is 0 Å². The van der Waals surface area contributed by atoms with Gasteiger partial charge in [0, 0.05) is 19.3 Å². The van der Waals surface area contributed by atoms with Gasteiger partial charge in [0.05, 0.1) is 0 Å². The van der Waals surface area contributed by atoms with E-state index < -0.39 is 6.10 Å². The number of carbonyl (C=O) groups is 3. The fourth-order valence-electron chi connectivity index (χ4n) is 8.29. The Morgan fingerprint density at radius 3 is 0.942 bits per heavy atom. The van der Waals surface area contributed by atoms with Crippen LogP contribution in [0.5, 0.6) is 0 Å². The van der Waals surface area contributed by atoms with Crippen LogP contribution in [-0.4, -0.2) is 37.2 Å². The zero-order chi connectivity index (χ0) is 50.0. The molecule has 0 bridgehead atoms. The molecule has 0 radical (unpaired) electrons. The molecule has 0 aromatic carbocycles. The van der Waals surface area contributed by atoms with Gasteiger partial charge in [0.2, 0.25) is 0 Å². The first-order chi connectivity index (χ1) is 34.0. The van der Waals surface area contributed by atoms with Crippen LogP contribution in [0.1, 0.15) is 290 Å². The van der Waals surface area contributed by atoms with Crippen LogP contribution in [0.2, 0.25) is 0 Å². The lowest BCUT2D eigenvalue weighted by atomic mass is 10.0. The summed E-state index contributed by atoms with van der Waals surface area (Å²) < 4.78 is 16.8. The minimum atomic E-state index is -0.801. The number of rotatable bonds is 53. The minimum absolute atomic E-state index is 0.0942. The van der Waals surface area contributed by atoms with E-state index in [4.69, 9.17) is 14.2 Å². The van der Waals surface area contributed by atoms with E-state index in [9.17, 15) is 14.4 Å². The predicted molar refractivity (Wildman–Crippen MR) is 298 cm³/mol. The molecule has 0 saturated carbocycles. The van der Waals surface area contributed by atoms with E-state index in [2.05, 4.69) is 93.7 Å². The number of allylic oxidation sites excluding steroid dienone is 12. The molecule has 0 N–H and O–H groups in total. The Hall–Kier alpha value is -3.15. The van der Waals surface area contributed by atoms with Gasteiger partial charge in [-0.1, -0.05) is 254 Å². The standard InChI is InChI=1S/C63H110O6/c1-4-7-10-13-16-19-22-25-28-29-30-31-32-33-36-38-41-44-47-50-53-56-62(65)68-59-60(69-63(66)57-54-51-48-45-42-39-35-27-24-21-18-15-12-9-6-3)58-67-61(64)55-52-49-46-43-40-37-34-26-23-20-17-14-11-8-5-2/h8,11,17-18,20-21,26-27,34-35,42,45,60H,4-7,9-10,12-16,19,22-25,28-33,36-41,43-44,46-59H2,1-3H3/b11-8-,20-17-,21-18-,34-26-,35-27-,45-42-/t60-/m1/s1. The Morgan fingerprint density at radius 1 is 0.304 bits per heavy atom. The Morgan fingerprint density at radius 2 is 0.565 bits per heavy atom. The molecule has 0 saturated heterocycles. The van der Waals surface area contributed by atoms with Crippen LogP contribution in [0.25, 0.3) is 0 Å². The highest BCUT2D eigenvalue weighted by atomic mass is 16.6. The highest BCUT2D eigenvalue weighted by Crippen LogP contribution is 2.16. The zero-order valence-corrected chi connectivity index (χ0v) is 45.6. The second-order valence-corrected chi connectivity index (χ2v) is 19.5. The molecule has 0 aliphatic rings. The lowest BCUT2D eigenvalue weighted by Gasteiger charge is -2.18. The van der Waals surface area contributed by atoms with Crippen molar-refractivity contribution >= 4 is 17.9 Å². The molecule has 0 aromatic heterocycles. The van der Waals surface area contributed by atoms with Crippen LogP contribution < -0.4 is 0 Å². The Balaban J connectivity index is 4.38. The maximum Gasteiger partial charge on any atom is 0.306 e. The average Bonchev–Trinajstić information content (AvgIpc) is 3.35. The summed E-state index contributed by atoms with van der Waals surface area (Å²) in [6, 6.07) is 0.